The zero-order chi connectivity index (χ0) is 18.4. The molecule has 0 amide bonds. The standard InChI is InChI=1S/C20H22N6S/c1-12-22-19-15(10-18(21)25-20(19)23-12)17-9-14-8-13(2-3-16(14)24-17)11-26-4-6-27-7-5-26/h2-3,8-10,24H,4-7,11H2,1H3,(H3,21,22,23,25). The van der Waals surface area contributed by atoms with E-state index in [-0.39, 0.29) is 0 Å². The lowest BCUT2D eigenvalue weighted by atomic mass is 10.1. The minimum Gasteiger partial charge on any atom is -0.384 e. The number of fused-ring (bicyclic) bond motifs is 2. The lowest BCUT2D eigenvalue weighted by molar-refractivity contribution is 0.295. The summed E-state index contributed by atoms with van der Waals surface area (Å²) >= 11 is 2.05. The summed E-state index contributed by atoms with van der Waals surface area (Å²) in [5.41, 5.74) is 12.1. The summed E-state index contributed by atoms with van der Waals surface area (Å²) < 4.78 is 0. The van der Waals surface area contributed by atoms with E-state index in [4.69, 9.17) is 5.73 Å². The van der Waals surface area contributed by atoms with Crippen LogP contribution in [-0.4, -0.2) is 49.4 Å². The molecule has 4 N–H and O–H groups in total. The van der Waals surface area contributed by atoms with Crippen molar-refractivity contribution in [3.8, 4) is 11.3 Å². The van der Waals surface area contributed by atoms with Crippen molar-refractivity contribution in [2.45, 2.75) is 13.5 Å². The Morgan fingerprint density at radius 3 is 2.81 bits per heavy atom. The number of nitrogens with one attached hydrogen (secondary N) is 2. The maximum absolute atomic E-state index is 6.01. The number of pyridine rings is 1. The summed E-state index contributed by atoms with van der Waals surface area (Å²) in [5.74, 6) is 3.79. The molecule has 138 valence electrons. The second-order valence-electron chi connectivity index (χ2n) is 7.11. The number of benzene rings is 1. The van der Waals surface area contributed by atoms with Crippen LogP contribution in [0.25, 0.3) is 33.3 Å². The van der Waals surface area contributed by atoms with Gasteiger partial charge < -0.3 is 15.7 Å². The van der Waals surface area contributed by atoms with Crippen LogP contribution in [0.4, 0.5) is 5.82 Å². The van der Waals surface area contributed by atoms with Gasteiger partial charge in [-0.05, 0) is 36.8 Å². The molecule has 1 fully saturated rings. The third kappa shape index (κ3) is 3.17. The number of H-pyrrole nitrogens is 2. The van der Waals surface area contributed by atoms with Gasteiger partial charge in [0.05, 0.1) is 5.52 Å². The maximum atomic E-state index is 6.01. The Hall–Kier alpha value is -2.51. The SMILES string of the molecule is Cc1nc2nc(N)cc(-c3cc4cc(CN5CCSCC5)ccc4[nH]3)c2[nH]1. The number of anilines is 1. The lowest BCUT2D eigenvalue weighted by Crippen LogP contribution is -2.31. The van der Waals surface area contributed by atoms with E-state index in [9.17, 15) is 0 Å². The van der Waals surface area contributed by atoms with Gasteiger partial charge in [-0.25, -0.2) is 9.97 Å². The number of hydrogen-bond acceptors (Lipinski definition) is 5. The second kappa shape index (κ2) is 6.58. The molecular weight excluding hydrogens is 356 g/mol. The number of nitrogens with zero attached hydrogens (tertiary/aromatic N) is 3. The molecule has 1 aliphatic heterocycles. The van der Waals surface area contributed by atoms with Crippen LogP contribution in [0.1, 0.15) is 11.4 Å². The molecule has 1 aromatic carbocycles. The number of imidazole rings is 1. The molecule has 6 nitrogen and oxygen atoms in total. The molecule has 7 heteroatoms. The fraction of sp³-hybridized carbons (Fsp3) is 0.300. The van der Waals surface area contributed by atoms with Crippen LogP contribution < -0.4 is 5.73 Å². The van der Waals surface area contributed by atoms with Gasteiger partial charge in [0, 0.05) is 53.3 Å². The van der Waals surface area contributed by atoms with Gasteiger partial charge in [-0.1, -0.05) is 6.07 Å². The van der Waals surface area contributed by atoms with E-state index in [0.29, 0.717) is 11.5 Å². The zero-order valence-corrected chi connectivity index (χ0v) is 16.1. The average Bonchev–Trinajstić information content (AvgIpc) is 3.24. The van der Waals surface area contributed by atoms with Crippen LogP contribution in [0, 0.1) is 6.92 Å². The molecule has 0 atom stereocenters. The first-order chi connectivity index (χ1) is 13.2. The molecule has 0 unspecified atom stereocenters. The monoisotopic (exact) mass is 378 g/mol. The number of aryl methyl sites for hydroxylation is 1. The number of nitrogens with two attached hydrogens (primary N) is 1. The Labute approximate surface area is 161 Å². The summed E-state index contributed by atoms with van der Waals surface area (Å²) in [4.78, 5) is 18.1. The van der Waals surface area contributed by atoms with E-state index < -0.39 is 0 Å². The van der Waals surface area contributed by atoms with Gasteiger partial charge in [0.1, 0.15) is 11.6 Å². The topological polar surface area (TPSA) is 86.6 Å². The Bertz CT molecular complexity index is 1120. The van der Waals surface area contributed by atoms with Crippen LogP contribution in [-0.2, 0) is 6.54 Å². The molecule has 1 saturated heterocycles. The van der Waals surface area contributed by atoms with Crippen molar-refractivity contribution >= 4 is 39.6 Å². The molecule has 5 rings (SSSR count). The van der Waals surface area contributed by atoms with Gasteiger partial charge in [-0.15, -0.1) is 0 Å². The Kier molecular flexibility index (Phi) is 4.06. The predicted molar refractivity (Wildman–Crippen MR) is 113 cm³/mol. The van der Waals surface area contributed by atoms with Gasteiger partial charge in [0.2, 0.25) is 0 Å². The van der Waals surface area contributed by atoms with Gasteiger partial charge in [-0.2, -0.15) is 11.8 Å². The van der Waals surface area contributed by atoms with Crippen molar-refractivity contribution in [3.05, 3.63) is 41.7 Å². The fourth-order valence-electron chi connectivity index (χ4n) is 3.78. The molecular formula is C20H22N6S. The first-order valence-corrected chi connectivity index (χ1v) is 10.4. The number of hydrogen-bond donors (Lipinski definition) is 3. The summed E-state index contributed by atoms with van der Waals surface area (Å²) in [5, 5.41) is 1.22. The molecule has 0 aliphatic carbocycles. The van der Waals surface area contributed by atoms with Crippen molar-refractivity contribution in [2.75, 3.05) is 30.3 Å². The van der Waals surface area contributed by atoms with E-state index in [1.54, 1.807) is 0 Å². The van der Waals surface area contributed by atoms with Gasteiger partial charge in [-0.3, -0.25) is 4.90 Å². The minimum absolute atomic E-state index is 0.478. The first kappa shape index (κ1) is 16.6. The predicted octanol–water partition coefficient (Wildman–Crippen LogP) is 3.55. The largest absolute Gasteiger partial charge is 0.384 e. The normalized spacial score (nSPS) is 15.7. The Balaban J connectivity index is 1.53. The van der Waals surface area contributed by atoms with Crippen molar-refractivity contribution in [1.82, 2.24) is 24.8 Å². The zero-order valence-electron chi connectivity index (χ0n) is 15.2. The van der Waals surface area contributed by atoms with Gasteiger partial charge in [0.15, 0.2) is 5.65 Å². The van der Waals surface area contributed by atoms with Crippen LogP contribution >= 0.6 is 11.8 Å². The number of thioether (sulfide) groups is 1. The molecule has 0 radical (unpaired) electrons. The van der Waals surface area contributed by atoms with E-state index in [2.05, 4.69) is 49.1 Å². The molecule has 0 bridgehead atoms. The summed E-state index contributed by atoms with van der Waals surface area (Å²) in [6, 6.07) is 10.8. The van der Waals surface area contributed by atoms with E-state index in [1.165, 1.54) is 35.5 Å². The summed E-state index contributed by atoms with van der Waals surface area (Å²) in [6.07, 6.45) is 0. The quantitative estimate of drug-likeness (QED) is 0.508. The Morgan fingerprint density at radius 2 is 1.96 bits per heavy atom. The molecule has 4 aromatic rings. The third-order valence-electron chi connectivity index (χ3n) is 5.08. The summed E-state index contributed by atoms with van der Waals surface area (Å²) in [7, 11) is 0. The minimum atomic E-state index is 0.478. The summed E-state index contributed by atoms with van der Waals surface area (Å²) in [6.45, 7) is 5.30. The van der Waals surface area contributed by atoms with Crippen molar-refractivity contribution in [1.29, 1.82) is 0 Å². The highest BCUT2D eigenvalue weighted by molar-refractivity contribution is 7.99. The van der Waals surface area contributed by atoms with E-state index in [1.807, 2.05) is 24.8 Å². The van der Waals surface area contributed by atoms with Crippen molar-refractivity contribution in [3.63, 3.8) is 0 Å². The molecule has 27 heavy (non-hydrogen) atoms. The molecule has 3 aromatic heterocycles. The van der Waals surface area contributed by atoms with Gasteiger partial charge in [0.25, 0.3) is 0 Å². The smallest absolute Gasteiger partial charge is 0.180 e. The van der Waals surface area contributed by atoms with Crippen molar-refractivity contribution < 1.29 is 0 Å². The molecule has 1 aliphatic rings. The number of aromatic amines is 2. The molecule has 0 saturated carbocycles. The Morgan fingerprint density at radius 1 is 1.11 bits per heavy atom. The highest BCUT2D eigenvalue weighted by atomic mass is 32.2. The van der Waals surface area contributed by atoms with Crippen LogP contribution in [0.3, 0.4) is 0 Å². The van der Waals surface area contributed by atoms with Crippen molar-refractivity contribution in [2.24, 2.45) is 0 Å². The number of rotatable bonds is 3. The maximum Gasteiger partial charge on any atom is 0.180 e. The molecule has 4 heterocycles. The highest BCUT2D eigenvalue weighted by Crippen LogP contribution is 2.31. The third-order valence-corrected chi connectivity index (χ3v) is 6.03. The van der Waals surface area contributed by atoms with Crippen LogP contribution in [0.2, 0.25) is 0 Å². The average molecular weight is 379 g/mol. The molecule has 0 spiro atoms. The fourth-order valence-corrected chi connectivity index (χ4v) is 4.76. The van der Waals surface area contributed by atoms with Crippen LogP contribution in [0.15, 0.2) is 30.3 Å². The number of nitrogen functional groups attached to an aromatic ring is 1. The van der Waals surface area contributed by atoms with Crippen LogP contribution in [0.5, 0.6) is 0 Å². The second-order valence-corrected chi connectivity index (χ2v) is 8.33. The van der Waals surface area contributed by atoms with Gasteiger partial charge >= 0.3 is 0 Å². The lowest BCUT2D eigenvalue weighted by Gasteiger charge is -2.26. The number of aromatic nitrogens is 4. The highest BCUT2D eigenvalue weighted by Gasteiger charge is 2.14. The first-order valence-electron chi connectivity index (χ1n) is 9.21. The van der Waals surface area contributed by atoms with E-state index in [0.717, 1.165) is 34.7 Å². The van der Waals surface area contributed by atoms with E-state index >= 15 is 0 Å².